The Balaban J connectivity index is 1.88. The predicted octanol–water partition coefficient (Wildman–Crippen LogP) is 0.754. The lowest BCUT2D eigenvalue weighted by Gasteiger charge is -2.36. The molecular formula is C11H10O3. The topological polar surface area (TPSA) is 43.4 Å². The molecule has 72 valence electrons. The lowest BCUT2D eigenvalue weighted by molar-refractivity contribution is -0.154. The summed E-state index contributed by atoms with van der Waals surface area (Å²) in [6.07, 6.45) is 5.48. The fourth-order valence-corrected chi connectivity index (χ4v) is 3.76. The van der Waals surface area contributed by atoms with E-state index in [1.54, 1.807) is 0 Å². The molecule has 0 radical (unpaired) electrons. The molecule has 4 unspecified atom stereocenters. The molecule has 3 heteroatoms. The Hall–Kier alpha value is -1.12. The number of carbonyl (C=O) groups is 2. The Morgan fingerprint density at radius 1 is 1.00 bits per heavy atom. The monoisotopic (exact) mass is 190 g/mol. The zero-order valence-corrected chi connectivity index (χ0v) is 7.55. The standard InChI is InChI=1S/C11H10O3/c12-10-8-4-1-2-5(7-3-6(4)7)9(8)11(13)14-10/h1-2,4-9H,3H2/t4?,5?,6?,7?,8-,9+. The SMILES string of the molecule is O=C1OC(=O)[C@H]2C3C=CC(C4CC43)[C@@H]12. The van der Waals surface area contributed by atoms with Crippen LogP contribution in [-0.2, 0) is 14.3 Å². The average Bonchev–Trinajstić information content (AvgIpc) is 2.92. The molecule has 2 bridgehead atoms. The molecular weight excluding hydrogens is 180 g/mol. The van der Waals surface area contributed by atoms with E-state index in [-0.39, 0.29) is 23.8 Å². The number of carbonyl (C=O) groups excluding carboxylic acids is 2. The Morgan fingerprint density at radius 2 is 1.50 bits per heavy atom. The second-order valence-corrected chi connectivity index (χ2v) is 4.89. The maximum Gasteiger partial charge on any atom is 0.318 e. The van der Waals surface area contributed by atoms with Crippen LogP contribution in [-0.4, -0.2) is 11.9 Å². The summed E-state index contributed by atoms with van der Waals surface area (Å²) in [5.74, 6) is 1.12. The van der Waals surface area contributed by atoms with Crippen LogP contribution in [0.15, 0.2) is 12.2 Å². The van der Waals surface area contributed by atoms with Crippen molar-refractivity contribution >= 4 is 11.9 Å². The fourth-order valence-electron chi connectivity index (χ4n) is 3.76. The molecule has 4 aliphatic carbocycles. The van der Waals surface area contributed by atoms with Gasteiger partial charge in [-0.25, -0.2) is 0 Å². The first-order valence-corrected chi connectivity index (χ1v) is 5.21. The van der Waals surface area contributed by atoms with E-state index >= 15 is 0 Å². The van der Waals surface area contributed by atoms with Crippen LogP contribution in [0.4, 0.5) is 0 Å². The van der Waals surface area contributed by atoms with Crippen molar-refractivity contribution in [1.82, 2.24) is 0 Å². The minimum Gasteiger partial charge on any atom is -0.393 e. The molecule has 0 spiro atoms. The number of allylic oxidation sites excluding steroid dienone is 2. The van der Waals surface area contributed by atoms with Crippen molar-refractivity contribution in [3.63, 3.8) is 0 Å². The molecule has 3 nitrogen and oxygen atoms in total. The first-order valence-electron chi connectivity index (χ1n) is 5.21. The van der Waals surface area contributed by atoms with E-state index in [9.17, 15) is 9.59 Å². The van der Waals surface area contributed by atoms with Gasteiger partial charge in [-0.15, -0.1) is 0 Å². The quantitative estimate of drug-likeness (QED) is 0.321. The zero-order valence-electron chi connectivity index (χ0n) is 7.55. The molecule has 14 heavy (non-hydrogen) atoms. The van der Waals surface area contributed by atoms with Gasteiger partial charge in [0.1, 0.15) is 0 Å². The van der Waals surface area contributed by atoms with Crippen molar-refractivity contribution in [1.29, 1.82) is 0 Å². The molecule has 5 aliphatic rings. The number of hydrogen-bond acceptors (Lipinski definition) is 3. The van der Waals surface area contributed by atoms with Crippen molar-refractivity contribution in [3.8, 4) is 0 Å². The van der Waals surface area contributed by atoms with Crippen LogP contribution in [0.25, 0.3) is 0 Å². The highest BCUT2D eigenvalue weighted by Crippen LogP contribution is 2.65. The first kappa shape index (κ1) is 7.21. The van der Waals surface area contributed by atoms with Gasteiger partial charge in [0, 0.05) is 0 Å². The molecule has 5 rings (SSSR count). The second-order valence-electron chi connectivity index (χ2n) is 4.89. The van der Waals surface area contributed by atoms with Gasteiger partial charge in [0.15, 0.2) is 0 Å². The third kappa shape index (κ3) is 0.606. The molecule has 0 amide bonds. The van der Waals surface area contributed by atoms with Gasteiger partial charge in [-0.2, -0.15) is 0 Å². The number of cyclic esters (lactones) is 2. The Morgan fingerprint density at radius 3 is 2.00 bits per heavy atom. The van der Waals surface area contributed by atoms with Crippen LogP contribution < -0.4 is 0 Å². The van der Waals surface area contributed by atoms with Crippen LogP contribution >= 0.6 is 0 Å². The lowest BCUT2D eigenvalue weighted by Crippen LogP contribution is -2.40. The average molecular weight is 190 g/mol. The molecule has 2 saturated carbocycles. The summed E-state index contributed by atoms with van der Waals surface area (Å²) in [5.41, 5.74) is 0. The van der Waals surface area contributed by atoms with Crippen molar-refractivity contribution in [2.24, 2.45) is 35.5 Å². The van der Waals surface area contributed by atoms with Gasteiger partial charge >= 0.3 is 11.9 Å². The van der Waals surface area contributed by atoms with Gasteiger partial charge in [0.2, 0.25) is 0 Å². The van der Waals surface area contributed by atoms with Gasteiger partial charge in [-0.1, -0.05) is 12.2 Å². The number of ether oxygens (including phenoxy) is 1. The van der Waals surface area contributed by atoms with E-state index < -0.39 is 0 Å². The minimum atomic E-state index is -0.273. The van der Waals surface area contributed by atoms with Crippen molar-refractivity contribution in [2.75, 3.05) is 0 Å². The normalized spacial score (nSPS) is 56.9. The Bertz CT molecular complexity index is 350. The highest BCUT2D eigenvalue weighted by Gasteiger charge is 2.66. The molecule has 0 aromatic heterocycles. The molecule has 0 aromatic carbocycles. The smallest absolute Gasteiger partial charge is 0.318 e. The molecule has 1 aliphatic heterocycles. The Labute approximate surface area is 81.1 Å². The summed E-state index contributed by atoms with van der Waals surface area (Å²) in [7, 11) is 0. The molecule has 1 saturated heterocycles. The van der Waals surface area contributed by atoms with Crippen LogP contribution in [0.1, 0.15) is 6.42 Å². The maximum absolute atomic E-state index is 11.5. The highest BCUT2D eigenvalue weighted by molar-refractivity contribution is 5.97. The summed E-state index contributed by atoms with van der Waals surface area (Å²) >= 11 is 0. The number of esters is 2. The van der Waals surface area contributed by atoms with Crippen LogP contribution in [0.5, 0.6) is 0 Å². The second kappa shape index (κ2) is 1.95. The van der Waals surface area contributed by atoms with Gasteiger partial charge in [0.25, 0.3) is 0 Å². The van der Waals surface area contributed by atoms with E-state index in [1.165, 1.54) is 6.42 Å². The predicted molar refractivity (Wildman–Crippen MR) is 45.8 cm³/mol. The van der Waals surface area contributed by atoms with E-state index in [0.717, 1.165) is 0 Å². The van der Waals surface area contributed by atoms with Crippen molar-refractivity contribution in [3.05, 3.63) is 12.2 Å². The molecule has 0 N–H and O–H groups in total. The van der Waals surface area contributed by atoms with E-state index in [1.807, 2.05) is 0 Å². The van der Waals surface area contributed by atoms with Crippen LogP contribution in [0.3, 0.4) is 0 Å². The van der Waals surface area contributed by atoms with Crippen LogP contribution in [0.2, 0.25) is 0 Å². The number of hydrogen-bond donors (Lipinski definition) is 0. The summed E-state index contributed by atoms with van der Waals surface area (Å²) in [6.45, 7) is 0. The van der Waals surface area contributed by atoms with Gasteiger partial charge in [-0.05, 0) is 30.1 Å². The largest absolute Gasteiger partial charge is 0.393 e. The molecule has 1 heterocycles. The van der Waals surface area contributed by atoms with E-state index in [4.69, 9.17) is 4.74 Å². The van der Waals surface area contributed by atoms with Crippen molar-refractivity contribution < 1.29 is 14.3 Å². The molecule has 0 aromatic rings. The third-order valence-electron chi connectivity index (χ3n) is 4.40. The van der Waals surface area contributed by atoms with Crippen LogP contribution in [0, 0.1) is 35.5 Å². The van der Waals surface area contributed by atoms with Gasteiger partial charge in [-0.3, -0.25) is 9.59 Å². The summed E-state index contributed by atoms with van der Waals surface area (Å²) in [4.78, 5) is 23.0. The Kier molecular flexibility index (Phi) is 1.00. The summed E-state index contributed by atoms with van der Waals surface area (Å²) in [5, 5.41) is 0. The lowest BCUT2D eigenvalue weighted by atomic mass is 9.63. The molecule has 3 fully saturated rings. The maximum atomic E-state index is 11.5. The first-order chi connectivity index (χ1) is 6.77. The number of rotatable bonds is 0. The minimum absolute atomic E-state index is 0.138. The zero-order chi connectivity index (χ0) is 9.45. The summed E-state index contributed by atoms with van der Waals surface area (Å²) in [6, 6.07) is 0. The fraction of sp³-hybridized carbons (Fsp3) is 0.636. The van der Waals surface area contributed by atoms with Gasteiger partial charge in [0.05, 0.1) is 11.8 Å². The van der Waals surface area contributed by atoms with Crippen molar-refractivity contribution in [2.45, 2.75) is 6.42 Å². The van der Waals surface area contributed by atoms with E-state index in [0.29, 0.717) is 23.7 Å². The molecule has 6 atom stereocenters. The highest BCUT2D eigenvalue weighted by atomic mass is 16.6. The summed E-state index contributed by atoms with van der Waals surface area (Å²) < 4.78 is 4.74. The third-order valence-corrected chi connectivity index (χ3v) is 4.40. The van der Waals surface area contributed by atoms with Gasteiger partial charge < -0.3 is 4.74 Å². The van der Waals surface area contributed by atoms with E-state index in [2.05, 4.69) is 12.2 Å².